The highest BCUT2D eigenvalue weighted by molar-refractivity contribution is 6.02. The van der Waals surface area contributed by atoms with E-state index in [-0.39, 0.29) is 11.7 Å². The van der Waals surface area contributed by atoms with Crippen LogP contribution in [0.5, 0.6) is 0 Å². The van der Waals surface area contributed by atoms with Crippen molar-refractivity contribution in [3.63, 3.8) is 0 Å². The smallest absolute Gasteiger partial charge is 0.276 e. The van der Waals surface area contributed by atoms with Gasteiger partial charge in [0.1, 0.15) is 11.6 Å². The summed E-state index contributed by atoms with van der Waals surface area (Å²) in [5, 5.41) is 7.28. The summed E-state index contributed by atoms with van der Waals surface area (Å²) in [6.45, 7) is 1.86. The molecule has 7 heteroatoms. The zero-order valence-corrected chi connectivity index (χ0v) is 16.7. The number of pyridine rings is 2. The van der Waals surface area contributed by atoms with Gasteiger partial charge in [-0.3, -0.25) is 9.78 Å². The van der Waals surface area contributed by atoms with Crippen molar-refractivity contribution in [1.82, 2.24) is 19.2 Å². The minimum atomic E-state index is -0.300. The van der Waals surface area contributed by atoms with Crippen LogP contribution in [-0.4, -0.2) is 25.1 Å². The predicted molar refractivity (Wildman–Crippen MR) is 117 cm³/mol. The molecule has 0 spiro atoms. The molecular formula is C24H18FN5O. The van der Waals surface area contributed by atoms with E-state index in [9.17, 15) is 9.18 Å². The maximum absolute atomic E-state index is 13.6. The van der Waals surface area contributed by atoms with Crippen LogP contribution < -0.4 is 5.32 Å². The minimum absolute atomic E-state index is 0.280. The van der Waals surface area contributed by atoms with E-state index in [0.717, 1.165) is 28.2 Å². The molecule has 152 valence electrons. The van der Waals surface area contributed by atoms with Crippen LogP contribution >= 0.6 is 0 Å². The Hall–Kier alpha value is -4.26. The van der Waals surface area contributed by atoms with Gasteiger partial charge in [0.25, 0.3) is 5.91 Å². The van der Waals surface area contributed by atoms with Crippen molar-refractivity contribution >= 4 is 17.1 Å². The van der Waals surface area contributed by atoms with E-state index in [2.05, 4.69) is 15.4 Å². The van der Waals surface area contributed by atoms with Crippen molar-refractivity contribution in [2.75, 3.05) is 5.32 Å². The molecule has 5 aromatic rings. The highest BCUT2D eigenvalue weighted by Crippen LogP contribution is 2.23. The first-order chi connectivity index (χ1) is 15.1. The second kappa shape index (κ2) is 7.53. The van der Waals surface area contributed by atoms with Gasteiger partial charge >= 0.3 is 0 Å². The molecule has 0 aliphatic heterocycles. The second-order valence-electron chi connectivity index (χ2n) is 7.20. The highest BCUT2D eigenvalue weighted by atomic mass is 19.1. The van der Waals surface area contributed by atoms with Crippen LogP contribution in [0.15, 0.2) is 85.3 Å². The van der Waals surface area contributed by atoms with Crippen LogP contribution in [0, 0.1) is 12.7 Å². The molecule has 0 fully saturated rings. The van der Waals surface area contributed by atoms with E-state index in [1.165, 1.54) is 12.1 Å². The van der Waals surface area contributed by atoms with E-state index < -0.39 is 0 Å². The van der Waals surface area contributed by atoms with Gasteiger partial charge in [-0.1, -0.05) is 18.2 Å². The number of anilines is 1. The summed E-state index contributed by atoms with van der Waals surface area (Å²) in [6.07, 6.45) is 5.32. The van der Waals surface area contributed by atoms with Gasteiger partial charge in [-0.25, -0.2) is 9.07 Å². The molecule has 0 atom stereocenters. The van der Waals surface area contributed by atoms with Gasteiger partial charge in [-0.05, 0) is 66.6 Å². The van der Waals surface area contributed by atoms with Crippen LogP contribution in [0.2, 0.25) is 0 Å². The molecule has 0 aliphatic carbocycles. The normalized spacial score (nSPS) is 11.0. The number of nitrogens with zero attached hydrogens (tertiary/aromatic N) is 4. The van der Waals surface area contributed by atoms with Gasteiger partial charge in [0, 0.05) is 35.5 Å². The third-order valence-corrected chi connectivity index (χ3v) is 5.00. The standard InChI is InChI=1S/C24H18FN5O/c1-16-13-20(9-11-26-16)27-24(31)22-10-12-30(28-22)23-8-7-21-6-5-18(15-29(21)23)17-3-2-4-19(25)14-17/h2-15H,1H3,(H,26,27,31). The first-order valence-electron chi connectivity index (χ1n) is 9.74. The topological polar surface area (TPSA) is 64.2 Å². The van der Waals surface area contributed by atoms with Crippen molar-refractivity contribution in [2.45, 2.75) is 6.92 Å². The van der Waals surface area contributed by atoms with Gasteiger partial charge in [0.2, 0.25) is 0 Å². The molecule has 6 nitrogen and oxygen atoms in total. The number of benzene rings is 1. The van der Waals surface area contributed by atoms with Crippen molar-refractivity contribution in [2.24, 2.45) is 0 Å². The van der Waals surface area contributed by atoms with E-state index in [4.69, 9.17) is 0 Å². The minimum Gasteiger partial charge on any atom is -0.320 e. The fraction of sp³-hybridized carbons (Fsp3) is 0.0417. The van der Waals surface area contributed by atoms with Crippen molar-refractivity contribution in [3.8, 4) is 16.9 Å². The number of carbonyl (C=O) groups is 1. The summed E-state index contributed by atoms with van der Waals surface area (Å²) in [7, 11) is 0. The first-order valence-corrected chi connectivity index (χ1v) is 9.74. The van der Waals surface area contributed by atoms with Crippen molar-refractivity contribution in [1.29, 1.82) is 0 Å². The molecule has 1 N–H and O–H groups in total. The van der Waals surface area contributed by atoms with E-state index >= 15 is 0 Å². The molecule has 0 saturated heterocycles. The maximum Gasteiger partial charge on any atom is 0.276 e. The number of aromatic nitrogens is 4. The molecule has 31 heavy (non-hydrogen) atoms. The molecule has 0 aliphatic rings. The Morgan fingerprint density at radius 3 is 2.71 bits per heavy atom. The van der Waals surface area contributed by atoms with Gasteiger partial charge < -0.3 is 9.72 Å². The van der Waals surface area contributed by atoms with Gasteiger partial charge in [0.05, 0.1) is 0 Å². The van der Waals surface area contributed by atoms with Gasteiger partial charge in [0.15, 0.2) is 5.69 Å². The summed E-state index contributed by atoms with van der Waals surface area (Å²) in [4.78, 5) is 16.7. The summed E-state index contributed by atoms with van der Waals surface area (Å²) >= 11 is 0. The number of aryl methyl sites for hydroxylation is 1. The lowest BCUT2D eigenvalue weighted by Crippen LogP contribution is -2.13. The number of rotatable bonds is 4. The van der Waals surface area contributed by atoms with Crippen molar-refractivity contribution in [3.05, 3.63) is 103 Å². The fourth-order valence-corrected chi connectivity index (χ4v) is 3.50. The maximum atomic E-state index is 13.6. The average molecular weight is 411 g/mol. The zero-order chi connectivity index (χ0) is 21.4. The Labute approximate surface area is 177 Å². The molecule has 0 saturated carbocycles. The number of hydrogen-bond acceptors (Lipinski definition) is 3. The number of hydrogen-bond donors (Lipinski definition) is 1. The summed E-state index contributed by atoms with van der Waals surface area (Å²) in [5.74, 6) is 0.190. The Kier molecular flexibility index (Phi) is 4.55. The molecular weight excluding hydrogens is 393 g/mol. The lowest BCUT2D eigenvalue weighted by molar-refractivity contribution is 0.102. The van der Waals surface area contributed by atoms with E-state index in [0.29, 0.717) is 11.4 Å². The molecule has 4 heterocycles. The van der Waals surface area contributed by atoms with Gasteiger partial charge in [-0.2, -0.15) is 5.10 Å². The summed E-state index contributed by atoms with van der Waals surface area (Å²) in [5.41, 5.74) is 4.41. The SMILES string of the molecule is Cc1cc(NC(=O)c2ccn(-c3ccc4ccc(-c5cccc(F)c5)cn34)n2)ccn1. The number of fused-ring (bicyclic) bond motifs is 1. The zero-order valence-electron chi connectivity index (χ0n) is 16.7. The largest absolute Gasteiger partial charge is 0.320 e. The third-order valence-electron chi connectivity index (χ3n) is 5.00. The number of amides is 1. The third kappa shape index (κ3) is 3.69. The molecule has 0 radical (unpaired) electrons. The number of carbonyl (C=O) groups excluding carboxylic acids is 1. The molecule has 0 bridgehead atoms. The highest BCUT2D eigenvalue weighted by Gasteiger charge is 2.13. The predicted octanol–water partition coefficient (Wildman–Crippen LogP) is 4.89. The molecule has 4 aromatic heterocycles. The molecule has 0 unspecified atom stereocenters. The number of nitrogens with one attached hydrogen (secondary N) is 1. The van der Waals surface area contributed by atoms with Crippen LogP contribution in [-0.2, 0) is 0 Å². The summed E-state index contributed by atoms with van der Waals surface area (Å²) in [6, 6.07) is 19.5. The Balaban J connectivity index is 1.47. The van der Waals surface area contributed by atoms with Crippen LogP contribution in [0.4, 0.5) is 10.1 Å². The summed E-state index contributed by atoms with van der Waals surface area (Å²) < 4.78 is 17.3. The van der Waals surface area contributed by atoms with Crippen LogP contribution in [0.25, 0.3) is 22.5 Å². The Bertz CT molecular complexity index is 1420. The van der Waals surface area contributed by atoms with E-state index in [1.54, 1.807) is 41.3 Å². The second-order valence-corrected chi connectivity index (χ2v) is 7.20. The first kappa shape index (κ1) is 18.7. The van der Waals surface area contributed by atoms with Gasteiger partial charge in [-0.15, -0.1) is 0 Å². The van der Waals surface area contributed by atoms with Crippen LogP contribution in [0.3, 0.4) is 0 Å². The number of halogens is 1. The Morgan fingerprint density at radius 2 is 1.87 bits per heavy atom. The molecule has 5 rings (SSSR count). The Morgan fingerprint density at radius 1 is 1.00 bits per heavy atom. The monoisotopic (exact) mass is 411 g/mol. The lowest BCUT2D eigenvalue weighted by Gasteiger charge is -2.07. The average Bonchev–Trinajstić information content (AvgIpc) is 3.40. The lowest BCUT2D eigenvalue weighted by atomic mass is 10.1. The molecule has 1 aromatic carbocycles. The molecule has 1 amide bonds. The van der Waals surface area contributed by atoms with Crippen molar-refractivity contribution < 1.29 is 9.18 Å². The fourth-order valence-electron chi connectivity index (χ4n) is 3.50. The van der Waals surface area contributed by atoms with Crippen LogP contribution in [0.1, 0.15) is 16.2 Å². The quantitative estimate of drug-likeness (QED) is 0.458. The van der Waals surface area contributed by atoms with E-state index in [1.807, 2.05) is 47.9 Å².